The minimum atomic E-state index is -4.54. The molecule has 0 aromatic carbocycles. The number of rotatable bonds is 5. The lowest BCUT2D eigenvalue weighted by atomic mass is 10.2. The summed E-state index contributed by atoms with van der Waals surface area (Å²) in [4.78, 5) is 15.3. The Morgan fingerprint density at radius 1 is 1.36 bits per heavy atom. The second-order valence-corrected chi connectivity index (χ2v) is 5.04. The van der Waals surface area contributed by atoms with Gasteiger partial charge in [0, 0.05) is 11.8 Å². The molecule has 1 amide bonds. The second kappa shape index (κ2) is 7.33. The molecule has 1 aromatic heterocycles. The van der Waals surface area contributed by atoms with Gasteiger partial charge in [0.1, 0.15) is 6.10 Å². The van der Waals surface area contributed by atoms with Gasteiger partial charge in [-0.05, 0) is 31.7 Å². The van der Waals surface area contributed by atoms with Crippen LogP contribution in [0.5, 0.6) is 5.88 Å². The fourth-order valence-electron chi connectivity index (χ4n) is 2.19. The van der Waals surface area contributed by atoms with Crippen LogP contribution in [0.1, 0.15) is 31.2 Å². The summed E-state index contributed by atoms with van der Waals surface area (Å²) in [6, 6.07) is 3.36. The highest BCUT2D eigenvalue weighted by Gasteiger charge is 2.29. The Morgan fingerprint density at radius 2 is 2.09 bits per heavy atom. The highest BCUT2D eigenvalue weighted by molar-refractivity contribution is 5.67. The van der Waals surface area contributed by atoms with Crippen LogP contribution >= 0.6 is 0 Å². The number of hydrogen-bond acceptors (Lipinski definition) is 4. The number of nitrogens with one attached hydrogen (secondary N) is 1. The fourth-order valence-corrected chi connectivity index (χ4v) is 2.19. The maximum Gasteiger partial charge on any atom is 0.422 e. The molecule has 0 aliphatic heterocycles. The first-order valence-electron chi connectivity index (χ1n) is 7.02. The molecular weight excluding hydrogens is 301 g/mol. The normalized spacial score (nSPS) is 15.6. The monoisotopic (exact) mass is 318 g/mol. The van der Waals surface area contributed by atoms with E-state index in [9.17, 15) is 18.0 Å². The van der Waals surface area contributed by atoms with E-state index in [0.717, 1.165) is 25.7 Å². The molecule has 1 aromatic rings. The number of alkyl carbamates (subject to hydrolysis) is 1. The molecule has 1 aliphatic carbocycles. The number of carbonyl (C=O) groups excluding carboxylic acids is 1. The number of hydrogen-bond donors (Lipinski definition) is 1. The van der Waals surface area contributed by atoms with E-state index in [4.69, 9.17) is 4.74 Å². The molecule has 1 saturated carbocycles. The standard InChI is InChI=1S/C14H17F3N2O3/c15-14(16,17)9-21-13(20)19-8-10-4-3-7-18-12(10)22-11-5-1-2-6-11/h3-4,7,11H,1-2,5-6,8-9H2,(H,19,20). The number of ether oxygens (including phenoxy) is 2. The van der Waals surface area contributed by atoms with Gasteiger partial charge in [-0.25, -0.2) is 9.78 Å². The van der Waals surface area contributed by atoms with Crippen LogP contribution in [0, 0.1) is 0 Å². The van der Waals surface area contributed by atoms with Crippen molar-refractivity contribution in [3.05, 3.63) is 23.9 Å². The third kappa shape index (κ3) is 5.42. The van der Waals surface area contributed by atoms with E-state index in [1.807, 2.05) is 0 Å². The van der Waals surface area contributed by atoms with Crippen LogP contribution in [0.4, 0.5) is 18.0 Å². The van der Waals surface area contributed by atoms with Crippen molar-refractivity contribution in [3.63, 3.8) is 0 Å². The molecular formula is C14H17F3N2O3. The zero-order chi connectivity index (χ0) is 16.0. The van der Waals surface area contributed by atoms with Crippen molar-refractivity contribution in [1.82, 2.24) is 10.3 Å². The van der Waals surface area contributed by atoms with E-state index in [1.165, 1.54) is 0 Å². The second-order valence-electron chi connectivity index (χ2n) is 5.04. The van der Waals surface area contributed by atoms with Crippen LogP contribution in [0.25, 0.3) is 0 Å². The van der Waals surface area contributed by atoms with Gasteiger partial charge in [-0.3, -0.25) is 0 Å². The molecule has 1 heterocycles. The Labute approximate surface area is 125 Å². The van der Waals surface area contributed by atoms with Crippen LogP contribution in [-0.2, 0) is 11.3 Å². The van der Waals surface area contributed by atoms with Gasteiger partial charge in [-0.2, -0.15) is 13.2 Å². The van der Waals surface area contributed by atoms with E-state index >= 15 is 0 Å². The summed E-state index contributed by atoms with van der Waals surface area (Å²) in [6.07, 6.45) is 0.120. The summed E-state index contributed by atoms with van der Waals surface area (Å²) in [6.45, 7) is -1.62. The smallest absolute Gasteiger partial charge is 0.422 e. The zero-order valence-electron chi connectivity index (χ0n) is 11.9. The van der Waals surface area contributed by atoms with Crippen molar-refractivity contribution in [1.29, 1.82) is 0 Å². The quantitative estimate of drug-likeness (QED) is 0.906. The van der Waals surface area contributed by atoms with Gasteiger partial charge in [0.2, 0.25) is 5.88 Å². The topological polar surface area (TPSA) is 60.5 Å². The predicted molar refractivity (Wildman–Crippen MR) is 71.4 cm³/mol. The number of alkyl halides is 3. The van der Waals surface area contributed by atoms with E-state index in [1.54, 1.807) is 18.3 Å². The van der Waals surface area contributed by atoms with E-state index in [-0.39, 0.29) is 12.6 Å². The van der Waals surface area contributed by atoms with Gasteiger partial charge in [0.25, 0.3) is 0 Å². The summed E-state index contributed by atoms with van der Waals surface area (Å²) in [5, 5.41) is 2.26. The molecule has 0 radical (unpaired) electrons. The largest absolute Gasteiger partial charge is 0.474 e. The highest BCUT2D eigenvalue weighted by Crippen LogP contribution is 2.25. The SMILES string of the molecule is O=C(NCc1cccnc1OC1CCCC1)OCC(F)(F)F. The number of pyridine rings is 1. The Kier molecular flexibility index (Phi) is 5.46. The van der Waals surface area contributed by atoms with Crippen molar-refractivity contribution in [2.45, 2.75) is 44.5 Å². The lowest BCUT2D eigenvalue weighted by Gasteiger charge is -2.15. The Bertz CT molecular complexity index is 502. The molecule has 1 N–H and O–H groups in total. The van der Waals surface area contributed by atoms with Crippen LogP contribution in [0.2, 0.25) is 0 Å². The first kappa shape index (κ1) is 16.4. The van der Waals surface area contributed by atoms with Crippen molar-refractivity contribution in [2.24, 2.45) is 0 Å². The van der Waals surface area contributed by atoms with Gasteiger partial charge in [0.15, 0.2) is 6.61 Å². The van der Waals surface area contributed by atoms with Gasteiger partial charge >= 0.3 is 12.3 Å². The molecule has 1 fully saturated rings. The zero-order valence-corrected chi connectivity index (χ0v) is 11.9. The summed E-state index contributed by atoms with van der Waals surface area (Å²) < 4.78 is 45.6. The van der Waals surface area contributed by atoms with E-state index in [2.05, 4.69) is 15.0 Å². The predicted octanol–water partition coefficient (Wildman–Crippen LogP) is 3.19. The molecule has 5 nitrogen and oxygen atoms in total. The maximum absolute atomic E-state index is 11.9. The van der Waals surface area contributed by atoms with Crippen molar-refractivity contribution < 1.29 is 27.4 Å². The average Bonchev–Trinajstić information content (AvgIpc) is 2.96. The molecule has 0 saturated heterocycles. The van der Waals surface area contributed by atoms with Crippen molar-refractivity contribution in [3.8, 4) is 5.88 Å². The maximum atomic E-state index is 11.9. The van der Waals surface area contributed by atoms with E-state index in [0.29, 0.717) is 11.4 Å². The molecule has 0 atom stereocenters. The van der Waals surface area contributed by atoms with Crippen molar-refractivity contribution in [2.75, 3.05) is 6.61 Å². The van der Waals surface area contributed by atoms with Crippen LogP contribution < -0.4 is 10.1 Å². The molecule has 0 bridgehead atoms. The highest BCUT2D eigenvalue weighted by atomic mass is 19.4. The molecule has 22 heavy (non-hydrogen) atoms. The molecule has 0 spiro atoms. The Hall–Kier alpha value is -1.99. The number of nitrogens with zero attached hydrogens (tertiary/aromatic N) is 1. The Balaban J connectivity index is 1.85. The average molecular weight is 318 g/mol. The number of amides is 1. The third-order valence-corrected chi connectivity index (χ3v) is 3.22. The summed E-state index contributed by atoms with van der Waals surface area (Å²) in [5.74, 6) is 0.394. The van der Waals surface area contributed by atoms with E-state index < -0.39 is 18.9 Å². The van der Waals surface area contributed by atoms with Crippen LogP contribution in [0.3, 0.4) is 0 Å². The van der Waals surface area contributed by atoms with Gasteiger partial charge in [0.05, 0.1) is 6.54 Å². The minimum Gasteiger partial charge on any atom is -0.474 e. The number of carbonyl (C=O) groups is 1. The molecule has 1 aliphatic rings. The lowest BCUT2D eigenvalue weighted by Crippen LogP contribution is -2.29. The number of aromatic nitrogens is 1. The van der Waals surface area contributed by atoms with Crippen LogP contribution in [-0.4, -0.2) is 30.0 Å². The number of halogens is 3. The molecule has 8 heteroatoms. The summed E-state index contributed by atoms with van der Waals surface area (Å²) in [7, 11) is 0. The first-order chi connectivity index (χ1) is 10.4. The fraction of sp³-hybridized carbons (Fsp3) is 0.571. The summed E-state index contributed by atoms with van der Waals surface area (Å²) in [5.41, 5.74) is 0.596. The van der Waals surface area contributed by atoms with Gasteiger partial charge in [-0.15, -0.1) is 0 Å². The van der Waals surface area contributed by atoms with Gasteiger partial charge in [-0.1, -0.05) is 6.07 Å². The van der Waals surface area contributed by atoms with Crippen LogP contribution in [0.15, 0.2) is 18.3 Å². The molecule has 122 valence electrons. The third-order valence-electron chi connectivity index (χ3n) is 3.22. The van der Waals surface area contributed by atoms with Crippen molar-refractivity contribution >= 4 is 6.09 Å². The Morgan fingerprint density at radius 3 is 2.77 bits per heavy atom. The van der Waals surface area contributed by atoms with Gasteiger partial charge < -0.3 is 14.8 Å². The molecule has 0 unspecified atom stereocenters. The summed E-state index contributed by atoms with van der Waals surface area (Å²) >= 11 is 0. The lowest BCUT2D eigenvalue weighted by molar-refractivity contribution is -0.160. The minimum absolute atomic E-state index is 0.00736. The first-order valence-corrected chi connectivity index (χ1v) is 7.02. The molecule has 2 rings (SSSR count).